The maximum atomic E-state index is 11.9. The lowest BCUT2D eigenvalue weighted by atomic mass is 10.2. The zero-order valence-corrected chi connectivity index (χ0v) is 17.3. The molecule has 0 fully saturated rings. The number of halogens is 1. The first-order valence-electron chi connectivity index (χ1n) is 9.16. The van der Waals surface area contributed by atoms with Gasteiger partial charge in [0.2, 0.25) is 5.91 Å². The molecule has 1 amide bonds. The van der Waals surface area contributed by atoms with Crippen molar-refractivity contribution < 1.29 is 9.53 Å². The highest BCUT2D eigenvalue weighted by molar-refractivity contribution is 7.99. The Bertz CT molecular complexity index is 929. The van der Waals surface area contributed by atoms with Crippen LogP contribution >= 0.6 is 23.4 Å². The van der Waals surface area contributed by atoms with Crippen molar-refractivity contribution in [1.82, 2.24) is 5.43 Å². The molecule has 3 rings (SSSR count). The fourth-order valence-corrected chi connectivity index (χ4v) is 3.41. The van der Waals surface area contributed by atoms with Gasteiger partial charge in [0.05, 0.1) is 6.21 Å². The molecular formula is C23H21ClN2O2S. The lowest BCUT2D eigenvalue weighted by molar-refractivity contribution is -0.120. The Morgan fingerprint density at radius 3 is 2.45 bits per heavy atom. The molecule has 0 bridgehead atoms. The number of carbonyl (C=O) groups is 1. The maximum absolute atomic E-state index is 11.9. The minimum Gasteiger partial charge on any atom is -0.489 e. The van der Waals surface area contributed by atoms with Gasteiger partial charge >= 0.3 is 0 Å². The summed E-state index contributed by atoms with van der Waals surface area (Å²) in [4.78, 5) is 13.0. The number of thioether (sulfide) groups is 1. The molecule has 0 heterocycles. The van der Waals surface area contributed by atoms with Crippen LogP contribution in [0.25, 0.3) is 0 Å². The quantitative estimate of drug-likeness (QED) is 0.278. The Morgan fingerprint density at radius 2 is 1.72 bits per heavy atom. The SMILES string of the molecule is O=C(CCSc1ccccc1)N/N=C/c1ccc(OCc2ccc(Cl)cc2)cc1. The van der Waals surface area contributed by atoms with Crippen LogP contribution in [-0.4, -0.2) is 17.9 Å². The van der Waals surface area contributed by atoms with Crippen LogP contribution in [0.2, 0.25) is 5.02 Å². The van der Waals surface area contributed by atoms with Crippen LogP contribution in [-0.2, 0) is 11.4 Å². The Hall–Kier alpha value is -2.76. The molecule has 6 heteroatoms. The van der Waals surface area contributed by atoms with Gasteiger partial charge in [-0.15, -0.1) is 11.8 Å². The topological polar surface area (TPSA) is 50.7 Å². The zero-order chi connectivity index (χ0) is 20.3. The number of hydrazone groups is 1. The van der Waals surface area contributed by atoms with Gasteiger partial charge in [0.1, 0.15) is 12.4 Å². The molecule has 0 aromatic heterocycles. The summed E-state index contributed by atoms with van der Waals surface area (Å²) >= 11 is 7.53. The van der Waals surface area contributed by atoms with Crippen LogP contribution in [0.15, 0.2) is 88.9 Å². The van der Waals surface area contributed by atoms with Crippen LogP contribution in [0.5, 0.6) is 5.75 Å². The molecular weight excluding hydrogens is 404 g/mol. The molecule has 3 aromatic rings. The van der Waals surface area contributed by atoms with Gasteiger partial charge in [-0.25, -0.2) is 5.43 Å². The van der Waals surface area contributed by atoms with Gasteiger partial charge in [0.25, 0.3) is 0 Å². The second kappa shape index (κ2) is 11.3. The molecule has 0 unspecified atom stereocenters. The van der Waals surface area contributed by atoms with E-state index >= 15 is 0 Å². The van der Waals surface area contributed by atoms with Crippen molar-refractivity contribution >= 4 is 35.5 Å². The maximum Gasteiger partial charge on any atom is 0.240 e. The normalized spacial score (nSPS) is 10.8. The fourth-order valence-electron chi connectivity index (χ4n) is 2.41. The van der Waals surface area contributed by atoms with E-state index in [2.05, 4.69) is 10.5 Å². The molecule has 4 nitrogen and oxygen atoms in total. The van der Waals surface area contributed by atoms with Crippen molar-refractivity contribution in [2.24, 2.45) is 5.10 Å². The second-order valence-corrected chi connectivity index (χ2v) is 7.79. The smallest absolute Gasteiger partial charge is 0.240 e. The van der Waals surface area contributed by atoms with Crippen molar-refractivity contribution in [1.29, 1.82) is 0 Å². The summed E-state index contributed by atoms with van der Waals surface area (Å²) < 4.78 is 5.75. The van der Waals surface area contributed by atoms with Crippen molar-refractivity contribution in [2.45, 2.75) is 17.9 Å². The molecule has 3 aromatic carbocycles. The minimum atomic E-state index is -0.104. The van der Waals surface area contributed by atoms with Crippen LogP contribution in [0.3, 0.4) is 0 Å². The van der Waals surface area contributed by atoms with E-state index in [-0.39, 0.29) is 5.91 Å². The van der Waals surface area contributed by atoms with E-state index < -0.39 is 0 Å². The molecule has 0 spiro atoms. The Balaban J connectivity index is 1.37. The third kappa shape index (κ3) is 7.64. The molecule has 1 N–H and O–H groups in total. The van der Waals surface area contributed by atoms with E-state index in [4.69, 9.17) is 16.3 Å². The predicted molar refractivity (Wildman–Crippen MR) is 120 cm³/mol. The van der Waals surface area contributed by atoms with Crippen molar-refractivity contribution in [3.8, 4) is 5.75 Å². The van der Waals surface area contributed by atoms with E-state index in [0.717, 1.165) is 21.8 Å². The monoisotopic (exact) mass is 424 g/mol. The van der Waals surface area contributed by atoms with Gasteiger partial charge in [0.15, 0.2) is 0 Å². The number of nitrogens with zero attached hydrogens (tertiary/aromatic N) is 1. The number of rotatable bonds is 9. The minimum absolute atomic E-state index is 0.104. The Labute approximate surface area is 179 Å². The number of carbonyl (C=O) groups excluding carboxylic acids is 1. The second-order valence-electron chi connectivity index (χ2n) is 6.19. The lowest BCUT2D eigenvalue weighted by Gasteiger charge is -2.06. The molecule has 29 heavy (non-hydrogen) atoms. The van der Waals surface area contributed by atoms with Crippen LogP contribution in [0, 0.1) is 0 Å². The molecule has 0 atom stereocenters. The standard InChI is InChI=1S/C23H21ClN2O2S/c24-20-10-6-19(7-11-20)17-28-21-12-8-18(9-13-21)16-25-26-23(27)14-15-29-22-4-2-1-3-5-22/h1-13,16H,14-15,17H2,(H,26,27)/b25-16+. The van der Waals surface area contributed by atoms with E-state index in [1.807, 2.05) is 78.9 Å². The first-order valence-corrected chi connectivity index (χ1v) is 10.5. The third-order valence-corrected chi connectivity index (χ3v) is 5.21. The molecule has 0 aliphatic heterocycles. The van der Waals surface area contributed by atoms with Gasteiger partial charge in [-0.3, -0.25) is 4.79 Å². The summed E-state index contributed by atoms with van der Waals surface area (Å²) in [6.45, 7) is 0.474. The number of ether oxygens (including phenoxy) is 1. The average molecular weight is 425 g/mol. The number of nitrogens with one attached hydrogen (secondary N) is 1. The molecule has 0 radical (unpaired) electrons. The molecule has 0 saturated heterocycles. The summed E-state index contributed by atoms with van der Waals surface area (Å²) in [5.41, 5.74) is 4.49. The summed E-state index contributed by atoms with van der Waals surface area (Å²) in [5.74, 6) is 1.37. The van der Waals surface area contributed by atoms with Crippen LogP contribution < -0.4 is 10.2 Å². The average Bonchev–Trinajstić information content (AvgIpc) is 2.75. The van der Waals surface area contributed by atoms with Crippen molar-refractivity contribution in [3.63, 3.8) is 0 Å². The molecule has 0 saturated carbocycles. The van der Waals surface area contributed by atoms with Crippen LogP contribution in [0.1, 0.15) is 17.5 Å². The van der Waals surface area contributed by atoms with Gasteiger partial charge in [-0.2, -0.15) is 5.10 Å². The summed E-state index contributed by atoms with van der Waals surface area (Å²) in [6.07, 6.45) is 2.03. The Kier molecular flexibility index (Phi) is 8.16. The highest BCUT2D eigenvalue weighted by Crippen LogP contribution is 2.17. The van der Waals surface area contributed by atoms with Crippen molar-refractivity contribution in [2.75, 3.05) is 5.75 Å². The summed E-state index contributed by atoms with van der Waals surface area (Å²) in [7, 11) is 0. The Morgan fingerprint density at radius 1 is 1.00 bits per heavy atom. The summed E-state index contributed by atoms with van der Waals surface area (Å²) in [5, 5.41) is 4.72. The summed E-state index contributed by atoms with van der Waals surface area (Å²) in [6, 6.07) is 25.1. The lowest BCUT2D eigenvalue weighted by Crippen LogP contribution is -2.17. The van der Waals surface area contributed by atoms with Gasteiger partial charge in [-0.05, 0) is 59.7 Å². The molecule has 0 aliphatic carbocycles. The number of amides is 1. The van der Waals surface area contributed by atoms with Gasteiger partial charge in [0, 0.05) is 22.1 Å². The van der Waals surface area contributed by atoms with E-state index in [1.165, 1.54) is 0 Å². The van der Waals surface area contributed by atoms with E-state index in [1.54, 1.807) is 18.0 Å². The fraction of sp³-hybridized carbons (Fsp3) is 0.130. The first kappa shape index (κ1) is 21.0. The molecule has 0 aliphatic rings. The van der Waals surface area contributed by atoms with Crippen LogP contribution in [0.4, 0.5) is 0 Å². The highest BCUT2D eigenvalue weighted by Gasteiger charge is 2.01. The largest absolute Gasteiger partial charge is 0.489 e. The third-order valence-electron chi connectivity index (χ3n) is 3.94. The van der Waals surface area contributed by atoms with E-state index in [9.17, 15) is 4.79 Å². The zero-order valence-electron chi connectivity index (χ0n) is 15.8. The number of benzene rings is 3. The predicted octanol–water partition coefficient (Wildman–Crippen LogP) is 5.55. The van der Waals surface area contributed by atoms with Gasteiger partial charge in [-0.1, -0.05) is 41.9 Å². The van der Waals surface area contributed by atoms with Crippen molar-refractivity contribution in [3.05, 3.63) is 95.0 Å². The number of hydrogen-bond acceptors (Lipinski definition) is 4. The van der Waals surface area contributed by atoms with Gasteiger partial charge < -0.3 is 4.74 Å². The molecule has 148 valence electrons. The number of hydrogen-bond donors (Lipinski definition) is 1. The van der Waals surface area contributed by atoms with E-state index in [0.29, 0.717) is 23.8 Å². The highest BCUT2D eigenvalue weighted by atomic mass is 35.5. The first-order chi connectivity index (χ1) is 14.2.